The number of carbonyl (C=O) groups excluding carboxylic acids is 1. The Morgan fingerprint density at radius 3 is 2.87 bits per heavy atom. The van der Waals surface area contributed by atoms with E-state index in [1.807, 2.05) is 6.07 Å². The monoisotopic (exact) mass is 320 g/mol. The van der Waals surface area contributed by atoms with Crippen LogP contribution in [0.5, 0.6) is 0 Å². The van der Waals surface area contributed by atoms with Crippen molar-refractivity contribution in [2.24, 2.45) is 0 Å². The number of nitrogens with zero attached hydrogens (tertiary/aromatic N) is 2. The van der Waals surface area contributed by atoms with E-state index in [4.69, 9.17) is 14.7 Å². The lowest BCUT2D eigenvalue weighted by atomic mass is 10.0. The number of carbonyl (C=O) groups is 1. The summed E-state index contributed by atoms with van der Waals surface area (Å²) in [6.45, 7) is 2.53. The number of hydrogen-bond acceptors (Lipinski definition) is 5. The molecule has 1 aliphatic rings. The smallest absolute Gasteiger partial charge is 0.306 e. The molecule has 0 unspecified atom stereocenters. The fourth-order valence-corrected chi connectivity index (χ4v) is 2.77. The molecule has 0 bridgehead atoms. The summed E-state index contributed by atoms with van der Waals surface area (Å²) in [5.41, 5.74) is 0.904. The Balaban J connectivity index is 2.09. The van der Waals surface area contributed by atoms with Gasteiger partial charge >= 0.3 is 5.97 Å². The Bertz CT molecular complexity index is 580. The summed E-state index contributed by atoms with van der Waals surface area (Å²) in [5, 5.41) is 8.95. The molecule has 0 amide bonds. The van der Waals surface area contributed by atoms with Gasteiger partial charge in [0.1, 0.15) is 11.9 Å². The zero-order valence-corrected chi connectivity index (χ0v) is 13.3. The predicted octanol–water partition coefficient (Wildman–Crippen LogP) is 2.24. The molecule has 0 radical (unpaired) electrons. The molecule has 0 spiro atoms. The van der Waals surface area contributed by atoms with Crippen molar-refractivity contribution in [3.63, 3.8) is 0 Å². The average Bonchev–Trinajstić information content (AvgIpc) is 2.60. The Labute approximate surface area is 135 Å². The van der Waals surface area contributed by atoms with Gasteiger partial charge in [-0.1, -0.05) is 6.07 Å². The molecular weight excluding hydrogens is 299 g/mol. The minimum absolute atomic E-state index is 0.0439. The minimum Gasteiger partial charge on any atom is -0.469 e. The first-order valence-electron chi connectivity index (χ1n) is 7.71. The second kappa shape index (κ2) is 8.61. The van der Waals surface area contributed by atoms with E-state index in [1.54, 1.807) is 12.1 Å². The van der Waals surface area contributed by atoms with Crippen molar-refractivity contribution in [2.75, 3.05) is 26.9 Å². The standard InChI is InChI=1S/C17H21FN2O3/c1-22-17(21)4-7-20(15-5-8-23-9-6-15)12-13-2-3-16(18)14(10-13)11-19/h2-3,10,15H,4-9,12H2,1H3. The highest BCUT2D eigenvalue weighted by atomic mass is 19.1. The Kier molecular flexibility index (Phi) is 6.51. The van der Waals surface area contributed by atoms with Crippen molar-refractivity contribution >= 4 is 5.97 Å². The Morgan fingerprint density at radius 2 is 2.22 bits per heavy atom. The summed E-state index contributed by atoms with van der Waals surface area (Å²) in [7, 11) is 1.38. The second-order valence-electron chi connectivity index (χ2n) is 5.57. The normalized spacial score (nSPS) is 15.4. The van der Waals surface area contributed by atoms with E-state index in [-0.39, 0.29) is 11.5 Å². The highest BCUT2D eigenvalue weighted by Crippen LogP contribution is 2.19. The highest BCUT2D eigenvalue weighted by molar-refractivity contribution is 5.69. The van der Waals surface area contributed by atoms with Crippen molar-refractivity contribution in [1.82, 2.24) is 4.90 Å². The van der Waals surface area contributed by atoms with Gasteiger partial charge in [0.25, 0.3) is 0 Å². The molecule has 1 aliphatic heterocycles. The van der Waals surface area contributed by atoms with E-state index in [9.17, 15) is 9.18 Å². The van der Waals surface area contributed by atoms with Gasteiger partial charge in [-0.2, -0.15) is 5.26 Å². The first kappa shape index (κ1) is 17.4. The molecule has 124 valence electrons. The number of esters is 1. The van der Waals surface area contributed by atoms with Crippen LogP contribution >= 0.6 is 0 Å². The van der Waals surface area contributed by atoms with Gasteiger partial charge in [0.15, 0.2) is 0 Å². The van der Waals surface area contributed by atoms with Gasteiger partial charge in [0.05, 0.1) is 19.1 Å². The fourth-order valence-electron chi connectivity index (χ4n) is 2.77. The van der Waals surface area contributed by atoms with E-state index < -0.39 is 5.82 Å². The maximum absolute atomic E-state index is 13.4. The number of rotatable bonds is 6. The van der Waals surface area contributed by atoms with Gasteiger partial charge in [-0.25, -0.2) is 4.39 Å². The van der Waals surface area contributed by atoms with Crippen LogP contribution in [0.3, 0.4) is 0 Å². The van der Waals surface area contributed by atoms with Crippen LogP contribution in [0.4, 0.5) is 4.39 Å². The zero-order chi connectivity index (χ0) is 16.7. The van der Waals surface area contributed by atoms with E-state index in [1.165, 1.54) is 13.2 Å². The van der Waals surface area contributed by atoms with Crippen LogP contribution in [0, 0.1) is 17.1 Å². The topological polar surface area (TPSA) is 62.6 Å². The molecule has 1 aromatic rings. The van der Waals surface area contributed by atoms with Crippen molar-refractivity contribution in [2.45, 2.75) is 31.8 Å². The number of hydrogen-bond donors (Lipinski definition) is 0. The molecule has 1 saturated heterocycles. The SMILES string of the molecule is COC(=O)CCN(Cc1ccc(F)c(C#N)c1)C1CCOCC1. The number of ether oxygens (including phenoxy) is 2. The van der Waals surface area contributed by atoms with E-state index in [2.05, 4.69) is 4.90 Å². The van der Waals surface area contributed by atoms with Crippen LogP contribution in [0.2, 0.25) is 0 Å². The van der Waals surface area contributed by atoms with Gasteiger partial charge in [-0.15, -0.1) is 0 Å². The lowest BCUT2D eigenvalue weighted by Gasteiger charge is -2.34. The quantitative estimate of drug-likeness (QED) is 0.752. The lowest BCUT2D eigenvalue weighted by Crippen LogP contribution is -2.40. The maximum Gasteiger partial charge on any atom is 0.306 e. The van der Waals surface area contributed by atoms with Crippen LogP contribution in [0.1, 0.15) is 30.4 Å². The molecule has 0 saturated carbocycles. The third-order valence-electron chi connectivity index (χ3n) is 4.07. The van der Waals surface area contributed by atoms with Crippen LogP contribution in [0.25, 0.3) is 0 Å². The summed E-state index contributed by atoms with van der Waals surface area (Å²) >= 11 is 0. The molecule has 2 rings (SSSR count). The van der Waals surface area contributed by atoms with Gasteiger partial charge in [-0.05, 0) is 30.5 Å². The summed E-state index contributed by atoms with van der Waals surface area (Å²) in [6.07, 6.45) is 2.10. The van der Waals surface area contributed by atoms with Crippen molar-refractivity contribution < 1.29 is 18.7 Å². The second-order valence-corrected chi connectivity index (χ2v) is 5.57. The third kappa shape index (κ3) is 5.02. The highest BCUT2D eigenvalue weighted by Gasteiger charge is 2.22. The summed E-state index contributed by atoms with van der Waals surface area (Å²) in [4.78, 5) is 13.6. The van der Waals surface area contributed by atoms with Crippen molar-refractivity contribution in [3.05, 3.63) is 35.1 Å². The molecule has 0 aromatic heterocycles. The third-order valence-corrected chi connectivity index (χ3v) is 4.07. The molecule has 0 atom stereocenters. The van der Waals surface area contributed by atoms with Gasteiger partial charge < -0.3 is 9.47 Å². The first-order valence-corrected chi connectivity index (χ1v) is 7.71. The fraction of sp³-hybridized carbons (Fsp3) is 0.529. The molecule has 0 N–H and O–H groups in total. The van der Waals surface area contributed by atoms with E-state index in [0.29, 0.717) is 38.8 Å². The summed E-state index contributed by atoms with van der Waals surface area (Å²) < 4.78 is 23.5. The number of methoxy groups -OCH3 is 1. The lowest BCUT2D eigenvalue weighted by molar-refractivity contribution is -0.141. The molecule has 1 fully saturated rings. The van der Waals surface area contributed by atoms with Gasteiger partial charge in [0.2, 0.25) is 0 Å². The average molecular weight is 320 g/mol. The molecule has 6 heteroatoms. The van der Waals surface area contributed by atoms with Crippen molar-refractivity contribution in [3.8, 4) is 6.07 Å². The molecule has 0 aliphatic carbocycles. The number of halogens is 1. The number of benzene rings is 1. The zero-order valence-electron chi connectivity index (χ0n) is 13.3. The predicted molar refractivity (Wildman–Crippen MR) is 82.0 cm³/mol. The van der Waals surface area contributed by atoms with Crippen LogP contribution in [-0.4, -0.2) is 43.8 Å². The molecular formula is C17H21FN2O3. The van der Waals surface area contributed by atoms with Crippen LogP contribution in [0.15, 0.2) is 18.2 Å². The minimum atomic E-state index is -0.511. The molecule has 1 aromatic carbocycles. The van der Waals surface area contributed by atoms with Gasteiger partial charge in [0, 0.05) is 32.3 Å². The molecule has 23 heavy (non-hydrogen) atoms. The molecule has 5 nitrogen and oxygen atoms in total. The van der Waals surface area contributed by atoms with Crippen molar-refractivity contribution in [1.29, 1.82) is 5.26 Å². The number of nitriles is 1. The largest absolute Gasteiger partial charge is 0.469 e. The van der Waals surface area contributed by atoms with E-state index in [0.717, 1.165) is 18.4 Å². The van der Waals surface area contributed by atoms with Crippen LogP contribution < -0.4 is 0 Å². The first-order chi connectivity index (χ1) is 11.1. The van der Waals surface area contributed by atoms with E-state index >= 15 is 0 Å². The van der Waals surface area contributed by atoms with Gasteiger partial charge in [-0.3, -0.25) is 9.69 Å². The summed E-state index contributed by atoms with van der Waals surface area (Å²) in [6, 6.07) is 6.74. The Morgan fingerprint density at radius 1 is 1.48 bits per heavy atom. The Hall–Kier alpha value is -1.97. The van der Waals surface area contributed by atoms with Crippen LogP contribution in [-0.2, 0) is 20.8 Å². The summed E-state index contributed by atoms with van der Waals surface area (Å²) in [5.74, 6) is -0.762. The maximum atomic E-state index is 13.4. The molecule has 1 heterocycles.